The molecule has 1 amide bonds. The van der Waals surface area contributed by atoms with Crippen LogP contribution in [0.25, 0.3) is 11.0 Å². The molecule has 0 radical (unpaired) electrons. The summed E-state index contributed by atoms with van der Waals surface area (Å²) >= 11 is 8.78. The summed E-state index contributed by atoms with van der Waals surface area (Å²) < 4.78 is 3.61. The first-order valence-corrected chi connectivity index (χ1v) is 7.88. The van der Waals surface area contributed by atoms with Gasteiger partial charge < -0.3 is 14.9 Å². The fourth-order valence-corrected chi connectivity index (χ4v) is 2.66. The predicted octanol–water partition coefficient (Wildman–Crippen LogP) is 3.77. The fraction of sp³-hybridized carbons (Fsp3) is 0.429. The molecule has 0 aliphatic heterocycles. The third kappa shape index (κ3) is 3.49. The largest absolute Gasteiger partial charge is 0.354 e. The molecule has 1 unspecified atom stereocenters. The molecule has 1 heterocycles. The quantitative estimate of drug-likeness (QED) is 0.802. The number of carbonyl (C=O) groups is 1. The van der Waals surface area contributed by atoms with Crippen LogP contribution in [0.5, 0.6) is 0 Å². The zero-order chi connectivity index (χ0) is 14.7. The summed E-state index contributed by atoms with van der Waals surface area (Å²) in [7, 11) is 0. The van der Waals surface area contributed by atoms with Crippen molar-refractivity contribution in [1.29, 1.82) is 0 Å². The summed E-state index contributed by atoms with van der Waals surface area (Å²) in [5, 5.41) is 2.97. The van der Waals surface area contributed by atoms with E-state index in [4.69, 9.17) is 12.2 Å². The fourth-order valence-electron chi connectivity index (χ4n) is 2.01. The first-order valence-electron chi connectivity index (χ1n) is 6.68. The van der Waals surface area contributed by atoms with Gasteiger partial charge in [-0.3, -0.25) is 4.79 Å². The summed E-state index contributed by atoms with van der Waals surface area (Å²) in [5.41, 5.74) is 2.00. The van der Waals surface area contributed by atoms with Gasteiger partial charge in [0.25, 0.3) is 0 Å². The van der Waals surface area contributed by atoms with Crippen molar-refractivity contribution in [1.82, 2.24) is 14.9 Å². The van der Waals surface area contributed by atoms with Gasteiger partial charge >= 0.3 is 0 Å². The molecule has 1 atom stereocenters. The molecule has 2 aromatic rings. The van der Waals surface area contributed by atoms with E-state index in [1.165, 1.54) is 0 Å². The van der Waals surface area contributed by atoms with Gasteiger partial charge in [-0.05, 0) is 43.8 Å². The molecule has 2 rings (SSSR count). The first-order chi connectivity index (χ1) is 9.51. The van der Waals surface area contributed by atoms with Crippen molar-refractivity contribution < 1.29 is 4.79 Å². The van der Waals surface area contributed by atoms with E-state index in [9.17, 15) is 4.79 Å². The highest BCUT2D eigenvalue weighted by atomic mass is 79.9. The lowest BCUT2D eigenvalue weighted by Crippen LogP contribution is -2.32. The summed E-state index contributed by atoms with van der Waals surface area (Å²) in [6, 6.07) is 6.17. The van der Waals surface area contributed by atoms with Crippen LogP contribution in [0, 0.1) is 4.77 Å². The van der Waals surface area contributed by atoms with Crippen molar-refractivity contribution in [3.8, 4) is 0 Å². The number of aryl methyl sites for hydroxylation is 1. The van der Waals surface area contributed by atoms with E-state index >= 15 is 0 Å². The number of rotatable bonds is 5. The van der Waals surface area contributed by atoms with E-state index in [-0.39, 0.29) is 11.9 Å². The summed E-state index contributed by atoms with van der Waals surface area (Å²) in [4.78, 5) is 15.0. The summed E-state index contributed by atoms with van der Waals surface area (Å²) in [5.74, 6) is 0.0607. The topological polar surface area (TPSA) is 49.8 Å². The van der Waals surface area contributed by atoms with Crippen LogP contribution in [0.2, 0.25) is 0 Å². The molecule has 0 saturated heterocycles. The second kappa shape index (κ2) is 6.54. The molecule has 0 aliphatic carbocycles. The van der Waals surface area contributed by atoms with Crippen LogP contribution in [0.15, 0.2) is 22.7 Å². The van der Waals surface area contributed by atoms with Crippen molar-refractivity contribution in [3.63, 3.8) is 0 Å². The minimum atomic E-state index is 0.0607. The molecule has 108 valence electrons. The van der Waals surface area contributed by atoms with Crippen LogP contribution < -0.4 is 5.32 Å². The number of nitrogens with one attached hydrogen (secondary N) is 2. The Morgan fingerprint density at radius 1 is 1.55 bits per heavy atom. The van der Waals surface area contributed by atoms with Gasteiger partial charge in [0.1, 0.15) is 0 Å². The van der Waals surface area contributed by atoms with Crippen LogP contribution in [-0.2, 0) is 11.3 Å². The number of hydrogen-bond acceptors (Lipinski definition) is 2. The van der Waals surface area contributed by atoms with Crippen LogP contribution in [-0.4, -0.2) is 21.5 Å². The third-order valence-electron chi connectivity index (χ3n) is 3.32. The first kappa shape index (κ1) is 15.3. The molecule has 0 saturated carbocycles. The highest BCUT2D eigenvalue weighted by Crippen LogP contribution is 2.20. The molecule has 20 heavy (non-hydrogen) atoms. The van der Waals surface area contributed by atoms with Crippen molar-refractivity contribution in [2.45, 2.75) is 39.3 Å². The molecule has 0 bridgehead atoms. The van der Waals surface area contributed by atoms with Crippen LogP contribution >= 0.6 is 28.1 Å². The molecule has 1 aromatic carbocycles. The number of imidazole rings is 1. The minimum absolute atomic E-state index is 0.0607. The monoisotopic (exact) mass is 355 g/mol. The number of carbonyl (C=O) groups excluding carboxylic acids is 1. The van der Waals surface area contributed by atoms with Crippen LogP contribution in [0.3, 0.4) is 0 Å². The van der Waals surface area contributed by atoms with Crippen molar-refractivity contribution in [3.05, 3.63) is 27.4 Å². The molecular formula is C14H18BrN3OS. The lowest BCUT2D eigenvalue weighted by molar-refractivity contribution is -0.121. The van der Waals surface area contributed by atoms with Crippen LogP contribution in [0.4, 0.5) is 0 Å². The molecular weight excluding hydrogens is 338 g/mol. The number of H-pyrrole nitrogens is 1. The number of amides is 1. The van der Waals surface area contributed by atoms with E-state index in [0.29, 0.717) is 17.7 Å². The van der Waals surface area contributed by atoms with Gasteiger partial charge in [0.15, 0.2) is 4.77 Å². The Balaban J connectivity index is 2.14. The molecule has 4 nitrogen and oxygen atoms in total. The van der Waals surface area contributed by atoms with E-state index in [1.54, 1.807) is 0 Å². The Kier molecular flexibility index (Phi) is 4.99. The second-order valence-electron chi connectivity index (χ2n) is 4.87. The van der Waals surface area contributed by atoms with E-state index in [0.717, 1.165) is 21.9 Å². The average Bonchev–Trinajstić information content (AvgIpc) is 2.71. The van der Waals surface area contributed by atoms with Crippen molar-refractivity contribution in [2.75, 3.05) is 0 Å². The highest BCUT2D eigenvalue weighted by Gasteiger charge is 2.09. The van der Waals surface area contributed by atoms with Gasteiger partial charge in [-0.25, -0.2) is 0 Å². The summed E-state index contributed by atoms with van der Waals surface area (Å²) in [6.45, 7) is 4.64. The predicted molar refractivity (Wildman–Crippen MR) is 87.3 cm³/mol. The SMILES string of the molecule is CCC(C)NC(=O)CCn1c(=S)[nH]c2ccc(Br)cc21. The van der Waals surface area contributed by atoms with Gasteiger partial charge in [0, 0.05) is 23.5 Å². The number of aromatic nitrogens is 2. The van der Waals surface area contributed by atoms with E-state index in [2.05, 4.69) is 33.2 Å². The third-order valence-corrected chi connectivity index (χ3v) is 4.14. The molecule has 0 fully saturated rings. The number of halogens is 1. The number of benzene rings is 1. The lowest BCUT2D eigenvalue weighted by atomic mass is 10.2. The number of aromatic amines is 1. The average molecular weight is 356 g/mol. The van der Waals surface area contributed by atoms with Gasteiger partial charge in [-0.1, -0.05) is 22.9 Å². The number of nitrogens with zero attached hydrogens (tertiary/aromatic N) is 1. The number of hydrogen-bond donors (Lipinski definition) is 2. The Hall–Kier alpha value is -1.14. The minimum Gasteiger partial charge on any atom is -0.354 e. The summed E-state index contributed by atoms with van der Waals surface area (Å²) in [6.07, 6.45) is 1.36. The Morgan fingerprint density at radius 3 is 3.00 bits per heavy atom. The van der Waals surface area contributed by atoms with Gasteiger partial charge in [0.05, 0.1) is 11.0 Å². The van der Waals surface area contributed by atoms with Gasteiger partial charge in [-0.2, -0.15) is 0 Å². The standard InChI is InChI=1S/C14H18BrN3OS/c1-3-9(2)16-13(19)6-7-18-12-8-10(15)4-5-11(12)17-14(18)20/h4-5,8-9H,3,6-7H2,1-2H3,(H,16,19)(H,17,20). The normalized spacial score (nSPS) is 12.6. The second-order valence-corrected chi connectivity index (χ2v) is 6.17. The smallest absolute Gasteiger partial charge is 0.222 e. The van der Waals surface area contributed by atoms with E-state index < -0.39 is 0 Å². The maximum atomic E-state index is 11.8. The maximum absolute atomic E-state index is 11.8. The van der Waals surface area contributed by atoms with Crippen LogP contribution in [0.1, 0.15) is 26.7 Å². The molecule has 1 aromatic heterocycles. The Bertz CT molecular complexity index is 677. The molecule has 6 heteroatoms. The van der Waals surface area contributed by atoms with Crippen molar-refractivity contribution in [2.24, 2.45) is 0 Å². The molecule has 2 N–H and O–H groups in total. The Labute approximate surface area is 131 Å². The zero-order valence-electron chi connectivity index (χ0n) is 11.6. The van der Waals surface area contributed by atoms with E-state index in [1.807, 2.05) is 29.7 Å². The highest BCUT2D eigenvalue weighted by molar-refractivity contribution is 9.10. The lowest BCUT2D eigenvalue weighted by Gasteiger charge is -2.11. The molecule has 0 aliphatic rings. The Morgan fingerprint density at radius 2 is 2.30 bits per heavy atom. The zero-order valence-corrected chi connectivity index (χ0v) is 14.0. The van der Waals surface area contributed by atoms with Gasteiger partial charge in [-0.15, -0.1) is 0 Å². The number of fused-ring (bicyclic) bond motifs is 1. The van der Waals surface area contributed by atoms with Gasteiger partial charge in [0.2, 0.25) is 5.91 Å². The molecule has 0 spiro atoms. The van der Waals surface area contributed by atoms with Crippen molar-refractivity contribution >= 4 is 45.1 Å². The maximum Gasteiger partial charge on any atom is 0.222 e.